The number of aromatic nitrogens is 1. The number of carbonyl (C=O) groups excluding carboxylic acids is 1. The van der Waals surface area contributed by atoms with Crippen LogP contribution in [0.15, 0.2) is 42.6 Å². The average Bonchev–Trinajstić information content (AvgIpc) is 3.12. The van der Waals surface area contributed by atoms with Crippen LogP contribution >= 0.6 is 0 Å². The van der Waals surface area contributed by atoms with Crippen LogP contribution in [-0.2, 0) is 11.2 Å². The molecule has 0 saturated carbocycles. The number of pyridine rings is 1. The van der Waals surface area contributed by atoms with Gasteiger partial charge in [0.25, 0.3) is 0 Å². The van der Waals surface area contributed by atoms with Crippen LogP contribution in [0.25, 0.3) is 0 Å². The van der Waals surface area contributed by atoms with E-state index >= 15 is 0 Å². The van der Waals surface area contributed by atoms with Gasteiger partial charge in [-0.05, 0) is 48.2 Å². The topological polar surface area (TPSA) is 45.7 Å². The quantitative estimate of drug-likeness (QED) is 0.840. The fourth-order valence-corrected chi connectivity index (χ4v) is 3.32. The first-order valence-electron chi connectivity index (χ1n) is 8.64. The standard InChI is InChI=1S/C20H25N3O2/c1-22(2)19-14-16(10-11-21-19)18-5-4-12-23(18)20(24)13-15-6-8-17(25-3)9-7-15/h6-11,14,18H,4-5,12-13H2,1-3H3/t18-/m0/s1. The van der Waals surface area contributed by atoms with Gasteiger partial charge in [-0.3, -0.25) is 4.79 Å². The molecule has 5 nitrogen and oxygen atoms in total. The molecule has 1 aliphatic rings. The highest BCUT2D eigenvalue weighted by molar-refractivity contribution is 5.79. The Kier molecular flexibility index (Phi) is 5.22. The van der Waals surface area contributed by atoms with Gasteiger partial charge in [-0.1, -0.05) is 12.1 Å². The number of carbonyl (C=O) groups is 1. The monoisotopic (exact) mass is 339 g/mol. The summed E-state index contributed by atoms with van der Waals surface area (Å²) in [6, 6.07) is 12.0. The SMILES string of the molecule is COc1ccc(CC(=O)N2CCC[C@H]2c2ccnc(N(C)C)c2)cc1. The minimum atomic E-state index is 0.146. The number of methoxy groups -OCH3 is 1. The number of anilines is 1. The summed E-state index contributed by atoms with van der Waals surface area (Å²) in [7, 11) is 5.60. The van der Waals surface area contributed by atoms with Crippen molar-refractivity contribution in [3.63, 3.8) is 0 Å². The number of hydrogen-bond donors (Lipinski definition) is 0. The molecule has 0 spiro atoms. The Morgan fingerprint density at radius 2 is 2.04 bits per heavy atom. The number of rotatable bonds is 5. The van der Waals surface area contributed by atoms with E-state index in [1.807, 2.05) is 60.4 Å². The van der Waals surface area contributed by atoms with Crippen LogP contribution in [0.3, 0.4) is 0 Å². The summed E-state index contributed by atoms with van der Waals surface area (Å²) in [6.45, 7) is 0.819. The van der Waals surface area contributed by atoms with Gasteiger partial charge in [0.05, 0.1) is 19.6 Å². The molecule has 0 aliphatic carbocycles. The maximum absolute atomic E-state index is 12.8. The van der Waals surface area contributed by atoms with Gasteiger partial charge in [-0.25, -0.2) is 4.98 Å². The van der Waals surface area contributed by atoms with Crippen LogP contribution < -0.4 is 9.64 Å². The minimum Gasteiger partial charge on any atom is -0.497 e. The first-order chi connectivity index (χ1) is 12.1. The molecule has 1 fully saturated rings. The summed E-state index contributed by atoms with van der Waals surface area (Å²) < 4.78 is 5.17. The van der Waals surface area contributed by atoms with Gasteiger partial charge in [0, 0.05) is 26.8 Å². The van der Waals surface area contributed by atoms with Crippen molar-refractivity contribution in [2.24, 2.45) is 0 Å². The van der Waals surface area contributed by atoms with E-state index in [0.717, 1.165) is 36.5 Å². The van der Waals surface area contributed by atoms with Gasteiger partial charge < -0.3 is 14.5 Å². The van der Waals surface area contributed by atoms with Crippen molar-refractivity contribution < 1.29 is 9.53 Å². The lowest BCUT2D eigenvalue weighted by molar-refractivity contribution is -0.131. The van der Waals surface area contributed by atoms with Crippen molar-refractivity contribution in [1.82, 2.24) is 9.88 Å². The van der Waals surface area contributed by atoms with E-state index in [0.29, 0.717) is 6.42 Å². The highest BCUT2D eigenvalue weighted by atomic mass is 16.5. The van der Waals surface area contributed by atoms with E-state index in [1.165, 1.54) is 5.56 Å². The smallest absolute Gasteiger partial charge is 0.227 e. The zero-order chi connectivity index (χ0) is 17.8. The summed E-state index contributed by atoms with van der Waals surface area (Å²) >= 11 is 0. The number of benzene rings is 1. The van der Waals surface area contributed by atoms with Gasteiger partial charge in [0.1, 0.15) is 11.6 Å². The first-order valence-corrected chi connectivity index (χ1v) is 8.64. The largest absolute Gasteiger partial charge is 0.497 e. The highest BCUT2D eigenvalue weighted by Crippen LogP contribution is 2.33. The molecule has 2 heterocycles. The number of ether oxygens (including phenoxy) is 1. The molecule has 0 unspecified atom stereocenters. The minimum absolute atomic E-state index is 0.146. The van der Waals surface area contributed by atoms with Crippen molar-refractivity contribution >= 4 is 11.7 Å². The maximum atomic E-state index is 12.8. The van der Waals surface area contributed by atoms with Crippen LogP contribution in [0.5, 0.6) is 5.75 Å². The molecule has 0 radical (unpaired) electrons. The number of likely N-dealkylation sites (tertiary alicyclic amines) is 1. The van der Waals surface area contributed by atoms with Gasteiger partial charge >= 0.3 is 0 Å². The molecule has 25 heavy (non-hydrogen) atoms. The maximum Gasteiger partial charge on any atom is 0.227 e. The molecule has 1 aromatic heterocycles. The van der Waals surface area contributed by atoms with Crippen molar-refractivity contribution in [2.75, 3.05) is 32.6 Å². The third-order valence-electron chi connectivity index (χ3n) is 4.70. The van der Waals surface area contributed by atoms with Crippen molar-refractivity contribution in [2.45, 2.75) is 25.3 Å². The summed E-state index contributed by atoms with van der Waals surface area (Å²) in [5.74, 6) is 1.91. The Bertz CT molecular complexity index is 728. The second-order valence-corrected chi connectivity index (χ2v) is 6.61. The van der Waals surface area contributed by atoms with E-state index in [1.54, 1.807) is 7.11 Å². The molecule has 3 rings (SSSR count). The van der Waals surface area contributed by atoms with Crippen LogP contribution in [0.1, 0.15) is 30.0 Å². The van der Waals surface area contributed by atoms with Crippen LogP contribution in [0, 0.1) is 0 Å². The second-order valence-electron chi connectivity index (χ2n) is 6.61. The van der Waals surface area contributed by atoms with Crippen LogP contribution in [0.2, 0.25) is 0 Å². The molecule has 5 heteroatoms. The summed E-state index contributed by atoms with van der Waals surface area (Å²) in [6.07, 6.45) is 4.30. The molecule has 1 atom stereocenters. The molecule has 1 aromatic carbocycles. The highest BCUT2D eigenvalue weighted by Gasteiger charge is 2.30. The molecule has 1 saturated heterocycles. The van der Waals surface area contributed by atoms with Crippen LogP contribution in [-0.4, -0.2) is 43.5 Å². The number of amides is 1. The van der Waals surface area contributed by atoms with Gasteiger partial charge in [-0.15, -0.1) is 0 Å². The molecular formula is C20H25N3O2. The normalized spacial score (nSPS) is 16.8. The third kappa shape index (κ3) is 3.92. The Balaban J connectivity index is 1.74. The van der Waals surface area contributed by atoms with E-state index in [9.17, 15) is 4.79 Å². The van der Waals surface area contributed by atoms with E-state index in [4.69, 9.17) is 4.74 Å². The van der Waals surface area contributed by atoms with Gasteiger partial charge in [0.2, 0.25) is 5.91 Å². The molecule has 1 aliphatic heterocycles. The summed E-state index contributed by atoms with van der Waals surface area (Å²) in [5.41, 5.74) is 2.18. The molecule has 2 aromatic rings. The molecule has 0 bridgehead atoms. The van der Waals surface area contributed by atoms with Crippen molar-refractivity contribution in [3.05, 3.63) is 53.7 Å². The Hall–Kier alpha value is -2.56. The lowest BCUT2D eigenvalue weighted by Gasteiger charge is -2.26. The molecule has 132 valence electrons. The van der Waals surface area contributed by atoms with E-state index in [-0.39, 0.29) is 11.9 Å². The molecular weight excluding hydrogens is 314 g/mol. The zero-order valence-electron chi connectivity index (χ0n) is 15.1. The van der Waals surface area contributed by atoms with Crippen molar-refractivity contribution in [3.8, 4) is 5.75 Å². The zero-order valence-corrected chi connectivity index (χ0v) is 15.1. The third-order valence-corrected chi connectivity index (χ3v) is 4.70. The number of nitrogens with zero attached hydrogens (tertiary/aromatic N) is 3. The van der Waals surface area contributed by atoms with Crippen molar-refractivity contribution in [1.29, 1.82) is 0 Å². The molecule has 0 N–H and O–H groups in total. The van der Waals surface area contributed by atoms with Gasteiger partial charge in [0.15, 0.2) is 0 Å². The fourth-order valence-electron chi connectivity index (χ4n) is 3.32. The Morgan fingerprint density at radius 3 is 2.72 bits per heavy atom. The predicted molar refractivity (Wildman–Crippen MR) is 99.0 cm³/mol. The van der Waals surface area contributed by atoms with E-state index in [2.05, 4.69) is 11.1 Å². The summed E-state index contributed by atoms with van der Waals surface area (Å²) in [5, 5.41) is 0. The molecule has 1 amide bonds. The summed E-state index contributed by atoms with van der Waals surface area (Å²) in [4.78, 5) is 21.2. The van der Waals surface area contributed by atoms with E-state index < -0.39 is 0 Å². The van der Waals surface area contributed by atoms with Gasteiger partial charge in [-0.2, -0.15) is 0 Å². The lowest BCUT2D eigenvalue weighted by Crippen LogP contribution is -2.32. The Labute approximate surface area is 149 Å². The second kappa shape index (κ2) is 7.55. The fraction of sp³-hybridized carbons (Fsp3) is 0.400. The average molecular weight is 339 g/mol. The Morgan fingerprint density at radius 1 is 1.28 bits per heavy atom. The first kappa shape index (κ1) is 17.3. The lowest BCUT2D eigenvalue weighted by atomic mass is 10.0. The van der Waals surface area contributed by atoms with Crippen LogP contribution in [0.4, 0.5) is 5.82 Å². The predicted octanol–water partition coefficient (Wildman–Crippen LogP) is 3.06. The number of hydrogen-bond acceptors (Lipinski definition) is 4.